The Balaban J connectivity index is 2.25. The molecule has 108 valence electrons. The van der Waals surface area contributed by atoms with Crippen LogP contribution in [0.2, 0.25) is 0 Å². The molecular formula is C15H19BrN2O2. The molecule has 1 heterocycles. The maximum absolute atomic E-state index is 12.0. The van der Waals surface area contributed by atoms with E-state index >= 15 is 0 Å². The summed E-state index contributed by atoms with van der Waals surface area (Å²) < 4.78 is 0. The molecule has 0 saturated carbocycles. The fourth-order valence-corrected chi connectivity index (χ4v) is 2.73. The van der Waals surface area contributed by atoms with E-state index in [4.69, 9.17) is 0 Å². The van der Waals surface area contributed by atoms with Crippen molar-refractivity contribution in [1.82, 2.24) is 0 Å². The number of halogens is 1. The monoisotopic (exact) mass is 338 g/mol. The topological polar surface area (TPSA) is 49.4 Å². The van der Waals surface area contributed by atoms with Crippen molar-refractivity contribution in [2.24, 2.45) is 5.92 Å². The first-order valence-corrected chi connectivity index (χ1v) is 7.66. The minimum absolute atomic E-state index is 0.0223. The van der Waals surface area contributed by atoms with Gasteiger partial charge in [0.15, 0.2) is 0 Å². The number of benzene rings is 1. The van der Waals surface area contributed by atoms with Crippen molar-refractivity contribution in [3.05, 3.63) is 23.8 Å². The van der Waals surface area contributed by atoms with E-state index in [0.717, 1.165) is 16.9 Å². The molecule has 1 fully saturated rings. The molecular weight excluding hydrogens is 320 g/mol. The van der Waals surface area contributed by atoms with Gasteiger partial charge in [0, 0.05) is 35.1 Å². The minimum atomic E-state index is -0.0694. The lowest BCUT2D eigenvalue weighted by Crippen LogP contribution is -2.25. The summed E-state index contributed by atoms with van der Waals surface area (Å²) in [5.74, 6) is 0.0216. The molecule has 0 radical (unpaired) electrons. The molecule has 4 nitrogen and oxygen atoms in total. The summed E-state index contributed by atoms with van der Waals surface area (Å²) >= 11 is 3.49. The normalized spacial score (nSPS) is 18.8. The molecule has 1 aliphatic rings. The molecule has 1 atom stereocenters. The van der Waals surface area contributed by atoms with Crippen molar-refractivity contribution in [2.45, 2.75) is 32.0 Å². The number of amides is 2. The largest absolute Gasteiger partial charge is 0.326 e. The maximum atomic E-state index is 12.0. The summed E-state index contributed by atoms with van der Waals surface area (Å²) in [6.45, 7) is 6.34. The molecule has 5 heteroatoms. The van der Waals surface area contributed by atoms with Crippen LogP contribution in [0.5, 0.6) is 0 Å². The van der Waals surface area contributed by atoms with Gasteiger partial charge in [-0.15, -0.1) is 0 Å². The quantitative estimate of drug-likeness (QED) is 0.861. The van der Waals surface area contributed by atoms with Crippen molar-refractivity contribution in [2.75, 3.05) is 16.8 Å². The van der Waals surface area contributed by atoms with Gasteiger partial charge in [-0.2, -0.15) is 0 Å². The standard InChI is InChI=1S/C15H19BrN2O2/c1-9(2)15(20)17-12-5-4-10(3)13(7-12)18-8-11(16)6-14(18)19/h4-5,7,9,11H,6,8H2,1-3H3,(H,17,20). The molecule has 0 aromatic heterocycles. The number of nitrogens with one attached hydrogen (secondary N) is 1. The van der Waals surface area contributed by atoms with Crippen LogP contribution in [0.4, 0.5) is 11.4 Å². The van der Waals surface area contributed by atoms with Crippen molar-refractivity contribution >= 4 is 39.1 Å². The molecule has 0 aliphatic carbocycles. The van der Waals surface area contributed by atoms with Gasteiger partial charge in [0.1, 0.15) is 0 Å². The lowest BCUT2D eigenvalue weighted by molar-refractivity contribution is -0.119. The summed E-state index contributed by atoms with van der Waals surface area (Å²) in [6.07, 6.45) is 0.516. The van der Waals surface area contributed by atoms with Crippen LogP contribution >= 0.6 is 15.9 Å². The zero-order valence-electron chi connectivity index (χ0n) is 11.9. The third-order valence-electron chi connectivity index (χ3n) is 3.37. The van der Waals surface area contributed by atoms with Crippen LogP contribution < -0.4 is 10.2 Å². The first-order valence-electron chi connectivity index (χ1n) is 6.74. The highest BCUT2D eigenvalue weighted by atomic mass is 79.9. The van der Waals surface area contributed by atoms with Crippen molar-refractivity contribution in [3.8, 4) is 0 Å². The van der Waals surface area contributed by atoms with Gasteiger partial charge in [-0.3, -0.25) is 9.59 Å². The van der Waals surface area contributed by atoms with E-state index in [-0.39, 0.29) is 22.6 Å². The lowest BCUT2D eigenvalue weighted by Gasteiger charge is -2.20. The molecule has 1 aliphatic heterocycles. The first-order chi connectivity index (χ1) is 9.38. The second kappa shape index (κ2) is 5.95. The van der Waals surface area contributed by atoms with Gasteiger partial charge in [0.25, 0.3) is 0 Å². The van der Waals surface area contributed by atoms with E-state index < -0.39 is 0 Å². The number of anilines is 2. The second-order valence-corrected chi connectivity index (χ2v) is 6.75. The smallest absolute Gasteiger partial charge is 0.228 e. The van der Waals surface area contributed by atoms with Crippen LogP contribution in [0.1, 0.15) is 25.8 Å². The number of carbonyl (C=O) groups is 2. The highest BCUT2D eigenvalue weighted by Gasteiger charge is 2.29. The van der Waals surface area contributed by atoms with Gasteiger partial charge in [-0.25, -0.2) is 0 Å². The number of carbonyl (C=O) groups excluding carboxylic acids is 2. The number of nitrogens with zero attached hydrogens (tertiary/aromatic N) is 1. The Labute approximate surface area is 127 Å². The summed E-state index contributed by atoms with van der Waals surface area (Å²) in [5, 5.41) is 2.87. The van der Waals surface area contributed by atoms with Crippen LogP contribution in [-0.2, 0) is 9.59 Å². The van der Waals surface area contributed by atoms with Gasteiger partial charge >= 0.3 is 0 Å². The Morgan fingerprint density at radius 2 is 2.15 bits per heavy atom. The van der Waals surface area contributed by atoms with Gasteiger partial charge in [0.2, 0.25) is 11.8 Å². The van der Waals surface area contributed by atoms with E-state index in [0.29, 0.717) is 13.0 Å². The average Bonchev–Trinajstić information content (AvgIpc) is 2.70. The van der Waals surface area contributed by atoms with Gasteiger partial charge < -0.3 is 10.2 Å². The zero-order valence-corrected chi connectivity index (χ0v) is 13.5. The summed E-state index contributed by atoms with van der Waals surface area (Å²) in [7, 11) is 0. The van der Waals surface area contributed by atoms with E-state index in [1.165, 1.54) is 0 Å². The summed E-state index contributed by atoms with van der Waals surface area (Å²) in [6, 6.07) is 5.67. The third kappa shape index (κ3) is 3.20. The fourth-order valence-electron chi connectivity index (χ4n) is 2.16. The molecule has 2 rings (SSSR count). The van der Waals surface area contributed by atoms with E-state index in [2.05, 4.69) is 21.2 Å². The van der Waals surface area contributed by atoms with E-state index in [1.807, 2.05) is 39.0 Å². The predicted octanol–water partition coefficient (Wildman–Crippen LogP) is 3.09. The molecule has 1 aromatic rings. The molecule has 1 N–H and O–H groups in total. The Morgan fingerprint density at radius 1 is 1.45 bits per heavy atom. The maximum Gasteiger partial charge on any atom is 0.228 e. The van der Waals surface area contributed by atoms with Crippen LogP contribution in [-0.4, -0.2) is 23.2 Å². The Morgan fingerprint density at radius 3 is 2.70 bits per heavy atom. The van der Waals surface area contributed by atoms with Crippen LogP contribution in [0.25, 0.3) is 0 Å². The van der Waals surface area contributed by atoms with Gasteiger partial charge in [-0.1, -0.05) is 35.8 Å². The number of hydrogen-bond acceptors (Lipinski definition) is 2. The molecule has 1 saturated heterocycles. The minimum Gasteiger partial charge on any atom is -0.326 e. The summed E-state index contributed by atoms with van der Waals surface area (Å²) in [4.78, 5) is 25.7. The van der Waals surface area contributed by atoms with E-state index in [9.17, 15) is 9.59 Å². The fraction of sp³-hybridized carbons (Fsp3) is 0.467. The van der Waals surface area contributed by atoms with Crippen molar-refractivity contribution < 1.29 is 9.59 Å². The highest BCUT2D eigenvalue weighted by molar-refractivity contribution is 9.09. The predicted molar refractivity (Wildman–Crippen MR) is 84.3 cm³/mol. The third-order valence-corrected chi connectivity index (χ3v) is 3.98. The first kappa shape index (κ1) is 15.0. The van der Waals surface area contributed by atoms with Crippen molar-refractivity contribution in [1.29, 1.82) is 0 Å². The lowest BCUT2D eigenvalue weighted by atomic mass is 10.1. The zero-order chi connectivity index (χ0) is 14.9. The number of hydrogen-bond donors (Lipinski definition) is 1. The number of rotatable bonds is 3. The summed E-state index contributed by atoms with van der Waals surface area (Å²) in [5.41, 5.74) is 2.64. The SMILES string of the molecule is Cc1ccc(NC(=O)C(C)C)cc1N1CC(Br)CC1=O. The Hall–Kier alpha value is -1.36. The van der Waals surface area contributed by atoms with Crippen LogP contribution in [0, 0.1) is 12.8 Å². The van der Waals surface area contributed by atoms with Crippen LogP contribution in [0.3, 0.4) is 0 Å². The average molecular weight is 339 g/mol. The Kier molecular flexibility index (Phi) is 4.48. The van der Waals surface area contributed by atoms with Gasteiger partial charge in [0.05, 0.1) is 0 Å². The molecule has 0 spiro atoms. The number of alkyl halides is 1. The van der Waals surface area contributed by atoms with Crippen LogP contribution in [0.15, 0.2) is 18.2 Å². The van der Waals surface area contributed by atoms with Gasteiger partial charge in [-0.05, 0) is 24.6 Å². The Bertz CT molecular complexity index is 543. The molecule has 1 unspecified atom stereocenters. The molecule has 20 heavy (non-hydrogen) atoms. The van der Waals surface area contributed by atoms with Crippen molar-refractivity contribution in [3.63, 3.8) is 0 Å². The highest BCUT2D eigenvalue weighted by Crippen LogP contribution is 2.30. The molecule has 0 bridgehead atoms. The second-order valence-electron chi connectivity index (χ2n) is 5.45. The number of aryl methyl sites for hydroxylation is 1. The molecule has 2 amide bonds. The molecule has 1 aromatic carbocycles. The van der Waals surface area contributed by atoms with E-state index in [1.54, 1.807) is 4.90 Å².